The molecule has 0 radical (unpaired) electrons. The predicted octanol–water partition coefficient (Wildman–Crippen LogP) is -0.698. The standard InChI is InChI=1S/2HNO3.Zr/c2*2-1(3)4;/h2*(H,2,3,4);. The second-order valence-corrected chi connectivity index (χ2v) is 0.476. The van der Waals surface area contributed by atoms with E-state index >= 15 is 0 Å². The molecule has 0 aliphatic rings. The van der Waals surface area contributed by atoms with Gasteiger partial charge in [-0.2, -0.15) is 0 Å². The Morgan fingerprint density at radius 3 is 1.00 bits per heavy atom. The summed E-state index contributed by atoms with van der Waals surface area (Å²) in [6.07, 6.45) is 0. The third kappa shape index (κ3) is 396. The van der Waals surface area contributed by atoms with E-state index in [0.717, 1.165) is 0 Å². The van der Waals surface area contributed by atoms with Crippen LogP contribution in [0, 0.1) is 20.2 Å². The van der Waals surface area contributed by atoms with Crippen molar-refractivity contribution in [2.75, 3.05) is 0 Å². The maximum absolute atomic E-state index is 8.36. The van der Waals surface area contributed by atoms with Crippen LogP contribution in [0.15, 0.2) is 0 Å². The van der Waals surface area contributed by atoms with Gasteiger partial charge in [0.15, 0.2) is 0 Å². The van der Waals surface area contributed by atoms with E-state index in [1.54, 1.807) is 0 Å². The minimum Gasteiger partial charge on any atom is -0.328 e. The largest absolute Gasteiger partial charge is 0.328 e. The second kappa shape index (κ2) is 10.3. The van der Waals surface area contributed by atoms with Gasteiger partial charge in [-0.1, -0.05) is 0 Å². The molecule has 2 N–H and O–H groups in total. The van der Waals surface area contributed by atoms with Crippen molar-refractivity contribution in [1.82, 2.24) is 0 Å². The van der Waals surface area contributed by atoms with E-state index < -0.39 is 10.2 Å². The summed E-state index contributed by atoms with van der Waals surface area (Å²) in [7, 11) is 0. The SMILES string of the molecule is O=[N+]([O-])O.O=[N+]([O-])O.[Zr]. The zero-order chi connectivity index (χ0) is 7.15. The quantitative estimate of drug-likeness (QED) is 0.408. The zero-order valence-corrected chi connectivity index (χ0v) is 6.38. The van der Waals surface area contributed by atoms with E-state index in [0.29, 0.717) is 0 Å². The van der Waals surface area contributed by atoms with E-state index in [9.17, 15) is 0 Å². The molecular weight excluding hydrogens is 215 g/mol. The fourth-order valence-corrected chi connectivity index (χ4v) is 0. The summed E-state index contributed by atoms with van der Waals surface area (Å²) in [5.74, 6) is 0. The molecule has 0 aromatic rings. The Kier molecular flexibility index (Phi) is 18.0. The topological polar surface area (TPSA) is 127 Å². The summed E-state index contributed by atoms with van der Waals surface area (Å²) in [5, 5.41) is 27.3. The molecular formula is H2N2O6Zr. The van der Waals surface area contributed by atoms with Crippen LogP contribution in [0.5, 0.6) is 0 Å². The smallest absolute Gasteiger partial charge is 0.291 e. The van der Waals surface area contributed by atoms with Gasteiger partial charge in [0, 0.05) is 26.2 Å². The van der Waals surface area contributed by atoms with Crippen LogP contribution in [0.4, 0.5) is 0 Å². The molecule has 0 heterocycles. The summed E-state index contributed by atoms with van der Waals surface area (Å²) in [4.78, 5) is 16.7. The van der Waals surface area contributed by atoms with Crippen molar-refractivity contribution in [3.63, 3.8) is 0 Å². The van der Waals surface area contributed by atoms with Gasteiger partial charge < -0.3 is 10.4 Å². The summed E-state index contributed by atoms with van der Waals surface area (Å²) in [6, 6.07) is 0. The number of rotatable bonds is 0. The molecule has 52 valence electrons. The average Bonchev–Trinajstić information content (AvgIpc) is 1.25. The first-order valence-corrected chi connectivity index (χ1v) is 1.13. The number of nitrogens with zero attached hydrogens (tertiary/aromatic N) is 2. The molecule has 8 nitrogen and oxygen atoms in total. The van der Waals surface area contributed by atoms with Crippen LogP contribution in [-0.4, -0.2) is 20.6 Å². The Labute approximate surface area is 67.4 Å². The van der Waals surface area contributed by atoms with Crippen LogP contribution in [0.2, 0.25) is 0 Å². The van der Waals surface area contributed by atoms with Crippen molar-refractivity contribution in [3.8, 4) is 0 Å². The van der Waals surface area contributed by atoms with E-state index in [1.165, 1.54) is 0 Å². The zero-order valence-electron chi connectivity index (χ0n) is 3.92. The van der Waals surface area contributed by atoms with Crippen LogP contribution in [-0.2, 0) is 26.2 Å². The molecule has 0 fully saturated rings. The van der Waals surface area contributed by atoms with Crippen LogP contribution in [0.25, 0.3) is 0 Å². The molecule has 0 bridgehead atoms. The van der Waals surface area contributed by atoms with Crippen molar-refractivity contribution in [1.29, 1.82) is 0 Å². The van der Waals surface area contributed by atoms with Gasteiger partial charge in [0.25, 0.3) is 10.2 Å². The van der Waals surface area contributed by atoms with Crippen LogP contribution >= 0.6 is 0 Å². The van der Waals surface area contributed by atoms with Crippen molar-refractivity contribution >= 4 is 0 Å². The molecule has 9 heteroatoms. The van der Waals surface area contributed by atoms with Gasteiger partial charge in [0.2, 0.25) is 0 Å². The van der Waals surface area contributed by atoms with E-state index in [-0.39, 0.29) is 26.2 Å². The van der Waals surface area contributed by atoms with Gasteiger partial charge in [0.05, 0.1) is 0 Å². The molecule has 0 spiro atoms. The van der Waals surface area contributed by atoms with Gasteiger partial charge in [0.1, 0.15) is 0 Å². The summed E-state index contributed by atoms with van der Waals surface area (Å²) >= 11 is 0. The number of hydrogen-bond acceptors (Lipinski definition) is 4. The first-order valence-electron chi connectivity index (χ1n) is 1.13. The molecule has 0 unspecified atom stereocenters. The minimum absolute atomic E-state index is 0. The fraction of sp³-hybridized carbons (Fsp3) is 0. The van der Waals surface area contributed by atoms with E-state index in [2.05, 4.69) is 0 Å². The van der Waals surface area contributed by atoms with Crippen molar-refractivity contribution in [2.24, 2.45) is 0 Å². The van der Waals surface area contributed by atoms with Gasteiger partial charge in [-0.05, 0) is 0 Å². The third-order valence-electron chi connectivity index (χ3n) is 0. The molecule has 0 amide bonds. The summed E-state index contributed by atoms with van der Waals surface area (Å²) in [6.45, 7) is 0. The third-order valence-corrected chi connectivity index (χ3v) is 0. The average molecular weight is 217 g/mol. The molecule has 0 rings (SSSR count). The van der Waals surface area contributed by atoms with Gasteiger partial charge in [-0.3, -0.25) is 0 Å². The maximum atomic E-state index is 8.36. The van der Waals surface area contributed by atoms with E-state index in [1.807, 2.05) is 0 Å². The summed E-state index contributed by atoms with van der Waals surface area (Å²) in [5.41, 5.74) is 0. The maximum Gasteiger partial charge on any atom is 0.291 e. The molecule has 9 heavy (non-hydrogen) atoms. The Hall–Kier alpha value is -0.717. The van der Waals surface area contributed by atoms with Crippen LogP contribution in [0.3, 0.4) is 0 Å². The second-order valence-electron chi connectivity index (χ2n) is 0.476. The first-order chi connectivity index (χ1) is 3.46. The van der Waals surface area contributed by atoms with Gasteiger partial charge in [-0.15, -0.1) is 20.2 Å². The molecule has 0 atom stereocenters. The molecule has 0 saturated carbocycles. The van der Waals surface area contributed by atoms with Gasteiger partial charge >= 0.3 is 0 Å². The predicted molar refractivity (Wildman–Crippen MR) is 17.6 cm³/mol. The Balaban J connectivity index is -0.0000000720. The molecule has 0 saturated heterocycles. The Bertz CT molecular complexity index is 69.1. The number of hydrogen-bond donors (Lipinski definition) is 2. The van der Waals surface area contributed by atoms with Crippen molar-refractivity contribution in [2.45, 2.75) is 0 Å². The Morgan fingerprint density at radius 1 is 1.00 bits per heavy atom. The fourth-order valence-electron chi connectivity index (χ4n) is 0. The summed E-state index contributed by atoms with van der Waals surface area (Å²) < 4.78 is 0. The van der Waals surface area contributed by atoms with Crippen LogP contribution in [0.1, 0.15) is 0 Å². The molecule has 0 aliphatic carbocycles. The Morgan fingerprint density at radius 2 is 1.00 bits per heavy atom. The normalized spacial score (nSPS) is 5.33. The first kappa shape index (κ1) is 15.7. The molecule has 0 aromatic heterocycles. The van der Waals surface area contributed by atoms with Gasteiger partial charge in [-0.25, -0.2) is 0 Å². The minimum atomic E-state index is -1.50. The molecule has 0 aliphatic heterocycles. The van der Waals surface area contributed by atoms with Crippen molar-refractivity contribution < 1.29 is 46.8 Å². The van der Waals surface area contributed by atoms with Crippen LogP contribution < -0.4 is 0 Å². The van der Waals surface area contributed by atoms with E-state index in [4.69, 9.17) is 30.6 Å². The molecule has 0 aromatic carbocycles. The monoisotopic (exact) mass is 216 g/mol. The van der Waals surface area contributed by atoms with Crippen molar-refractivity contribution in [3.05, 3.63) is 20.2 Å².